The Morgan fingerprint density at radius 1 is 1.50 bits per heavy atom. The van der Waals surface area contributed by atoms with Gasteiger partial charge in [-0.1, -0.05) is 17.7 Å². The highest BCUT2D eigenvalue weighted by Gasteiger charge is 2.01. The highest BCUT2D eigenvalue weighted by Crippen LogP contribution is 2.19. The summed E-state index contributed by atoms with van der Waals surface area (Å²) < 4.78 is 12.9. The second-order valence-corrected chi connectivity index (χ2v) is 2.49. The molecule has 0 aromatic heterocycles. The molecule has 12 heavy (non-hydrogen) atoms. The van der Waals surface area contributed by atoms with Crippen molar-refractivity contribution in [3.8, 4) is 0 Å². The van der Waals surface area contributed by atoms with Crippen LogP contribution in [0.5, 0.6) is 0 Å². The van der Waals surface area contributed by atoms with E-state index in [9.17, 15) is 9.18 Å². The monoisotopic (exact) mass is 183 g/mol. The fraction of sp³-hybridized carbons (Fsp3) is 0. The fourth-order valence-electron chi connectivity index (χ4n) is 0.787. The highest BCUT2D eigenvalue weighted by atomic mass is 35.5. The largest absolute Gasteiger partial charge is 0.286 e. The van der Waals surface area contributed by atoms with Gasteiger partial charge in [0.2, 0.25) is 6.29 Å². The second-order valence-electron chi connectivity index (χ2n) is 2.09. The minimum Gasteiger partial charge on any atom is -0.286 e. The number of allylic oxidation sites excluding steroid dienone is 1. The van der Waals surface area contributed by atoms with Crippen LogP contribution in [0.1, 0.15) is 5.56 Å². The van der Waals surface area contributed by atoms with E-state index in [-0.39, 0.29) is 10.6 Å². The van der Waals surface area contributed by atoms with Crippen molar-refractivity contribution < 1.29 is 9.18 Å². The third-order valence-electron chi connectivity index (χ3n) is 1.32. The molecule has 0 saturated carbocycles. The lowest BCUT2D eigenvalue weighted by molar-refractivity contribution is 0.564. The molecule has 1 radical (unpaired) electrons. The van der Waals surface area contributed by atoms with Crippen LogP contribution < -0.4 is 0 Å². The van der Waals surface area contributed by atoms with E-state index < -0.39 is 5.82 Å². The molecular formula is C9H5ClFO. The van der Waals surface area contributed by atoms with Gasteiger partial charge in [-0.3, -0.25) is 4.79 Å². The Kier molecular flexibility index (Phi) is 3.00. The van der Waals surface area contributed by atoms with Gasteiger partial charge in [-0.05, 0) is 24.3 Å². The average molecular weight is 184 g/mol. The summed E-state index contributed by atoms with van der Waals surface area (Å²) in [5.74, 6) is -0.450. The van der Waals surface area contributed by atoms with Crippen LogP contribution in [0.3, 0.4) is 0 Å². The van der Waals surface area contributed by atoms with E-state index in [2.05, 4.69) is 0 Å². The first-order valence-corrected chi connectivity index (χ1v) is 3.61. The second kappa shape index (κ2) is 4.02. The topological polar surface area (TPSA) is 17.1 Å². The Balaban J connectivity index is 3.12. The summed E-state index contributed by atoms with van der Waals surface area (Å²) in [7, 11) is 0. The van der Waals surface area contributed by atoms with E-state index in [0.29, 0.717) is 0 Å². The molecule has 0 heterocycles. The van der Waals surface area contributed by atoms with Crippen LogP contribution in [-0.4, -0.2) is 6.29 Å². The van der Waals surface area contributed by atoms with Crippen molar-refractivity contribution in [2.24, 2.45) is 0 Å². The fourth-order valence-corrected chi connectivity index (χ4v) is 1.01. The lowest BCUT2D eigenvalue weighted by Gasteiger charge is -1.97. The predicted octanol–water partition coefficient (Wildman–Crippen LogP) is 2.60. The number of halogens is 2. The van der Waals surface area contributed by atoms with Crippen LogP contribution in [0.25, 0.3) is 6.08 Å². The summed E-state index contributed by atoms with van der Waals surface area (Å²) in [5.41, 5.74) is 0.211. The van der Waals surface area contributed by atoms with Gasteiger partial charge in [0.15, 0.2) is 0 Å². The van der Waals surface area contributed by atoms with Crippen molar-refractivity contribution in [2.45, 2.75) is 0 Å². The molecule has 3 heteroatoms. The van der Waals surface area contributed by atoms with Gasteiger partial charge < -0.3 is 0 Å². The maximum atomic E-state index is 12.9. The zero-order valence-corrected chi connectivity index (χ0v) is 6.81. The molecule has 0 aliphatic rings. The van der Waals surface area contributed by atoms with Crippen LogP contribution in [0.4, 0.5) is 4.39 Å². The zero-order valence-electron chi connectivity index (χ0n) is 6.05. The lowest BCUT2D eigenvalue weighted by Crippen LogP contribution is -1.82. The van der Waals surface area contributed by atoms with Gasteiger partial charge in [0, 0.05) is 5.56 Å². The Hall–Kier alpha value is -1.15. The van der Waals surface area contributed by atoms with Gasteiger partial charge in [0.05, 0.1) is 5.02 Å². The average Bonchev–Trinajstić information content (AvgIpc) is 2.04. The first-order chi connectivity index (χ1) is 5.75. The third kappa shape index (κ3) is 1.92. The van der Waals surface area contributed by atoms with E-state index in [1.807, 2.05) is 0 Å². The van der Waals surface area contributed by atoms with E-state index in [1.54, 1.807) is 6.07 Å². The maximum Gasteiger partial charge on any atom is 0.225 e. The van der Waals surface area contributed by atoms with Crippen LogP contribution in [0.15, 0.2) is 24.3 Å². The summed E-state index contributed by atoms with van der Waals surface area (Å²) in [6, 6.07) is 4.32. The normalized spacial score (nSPS) is 10.5. The van der Waals surface area contributed by atoms with Gasteiger partial charge in [-0.2, -0.15) is 0 Å². The third-order valence-corrected chi connectivity index (χ3v) is 1.65. The molecule has 0 atom stereocenters. The van der Waals surface area contributed by atoms with Crippen molar-refractivity contribution in [1.82, 2.24) is 0 Å². The Bertz CT molecular complexity index is 300. The molecule has 0 N–H and O–H groups in total. The Labute approximate surface area is 74.5 Å². The smallest absolute Gasteiger partial charge is 0.225 e. The highest BCUT2D eigenvalue weighted by molar-refractivity contribution is 6.32. The van der Waals surface area contributed by atoms with Crippen LogP contribution in [0, 0.1) is 5.82 Å². The lowest BCUT2D eigenvalue weighted by atomic mass is 10.2. The van der Waals surface area contributed by atoms with E-state index in [4.69, 9.17) is 11.6 Å². The number of hydrogen-bond donors (Lipinski definition) is 0. The minimum atomic E-state index is -0.450. The number of benzene rings is 1. The molecule has 0 fully saturated rings. The predicted molar refractivity (Wildman–Crippen MR) is 46.1 cm³/mol. The molecule has 0 spiro atoms. The summed E-state index contributed by atoms with van der Waals surface area (Å²) in [4.78, 5) is 9.82. The first kappa shape index (κ1) is 8.94. The Morgan fingerprint density at radius 2 is 2.25 bits per heavy atom. The molecule has 1 rings (SSSR count). The van der Waals surface area contributed by atoms with Crippen LogP contribution in [-0.2, 0) is 4.79 Å². The molecule has 0 amide bonds. The Morgan fingerprint density at radius 3 is 2.83 bits per heavy atom. The van der Waals surface area contributed by atoms with Gasteiger partial charge in [-0.25, -0.2) is 4.39 Å². The molecule has 0 bridgehead atoms. The number of hydrogen-bond acceptors (Lipinski definition) is 1. The first-order valence-electron chi connectivity index (χ1n) is 3.24. The van der Waals surface area contributed by atoms with Gasteiger partial charge in [-0.15, -0.1) is 0 Å². The SMILES string of the molecule is O=[C]/C=C/c1c(F)cccc1Cl. The van der Waals surface area contributed by atoms with Gasteiger partial charge in [0.25, 0.3) is 0 Å². The molecule has 0 aliphatic heterocycles. The van der Waals surface area contributed by atoms with Crippen LogP contribution >= 0.6 is 11.6 Å². The van der Waals surface area contributed by atoms with Crippen LogP contribution in [0.2, 0.25) is 5.02 Å². The maximum absolute atomic E-state index is 12.9. The quantitative estimate of drug-likeness (QED) is 0.645. The van der Waals surface area contributed by atoms with Crippen molar-refractivity contribution in [3.05, 3.63) is 40.7 Å². The van der Waals surface area contributed by atoms with E-state index >= 15 is 0 Å². The molecule has 61 valence electrons. The van der Waals surface area contributed by atoms with Crippen molar-refractivity contribution in [2.75, 3.05) is 0 Å². The molecule has 1 aromatic rings. The summed E-state index contributed by atoms with van der Waals surface area (Å²) in [6.07, 6.45) is 3.87. The summed E-state index contributed by atoms with van der Waals surface area (Å²) in [6.45, 7) is 0. The molecular weight excluding hydrogens is 179 g/mol. The van der Waals surface area contributed by atoms with Gasteiger partial charge in [0.1, 0.15) is 5.82 Å². The summed E-state index contributed by atoms with van der Waals surface area (Å²) >= 11 is 5.64. The van der Waals surface area contributed by atoms with E-state index in [0.717, 1.165) is 6.08 Å². The number of carbonyl (C=O) groups excluding carboxylic acids is 1. The van der Waals surface area contributed by atoms with E-state index in [1.165, 1.54) is 24.5 Å². The molecule has 0 aliphatic carbocycles. The van der Waals surface area contributed by atoms with Crippen molar-refractivity contribution in [3.63, 3.8) is 0 Å². The van der Waals surface area contributed by atoms with Crippen molar-refractivity contribution in [1.29, 1.82) is 0 Å². The van der Waals surface area contributed by atoms with Gasteiger partial charge >= 0.3 is 0 Å². The minimum absolute atomic E-state index is 0.211. The molecule has 0 unspecified atom stereocenters. The standard InChI is InChI=1S/C9H5ClFO/c10-8-4-1-5-9(11)7(8)3-2-6-12/h1-5H/b3-2+. The van der Waals surface area contributed by atoms with Crippen molar-refractivity contribution >= 4 is 24.0 Å². The summed E-state index contributed by atoms with van der Waals surface area (Å²) in [5, 5.41) is 0.279. The zero-order chi connectivity index (χ0) is 8.97. The number of rotatable bonds is 2. The molecule has 1 aromatic carbocycles. The molecule has 1 nitrogen and oxygen atoms in total. The molecule has 0 saturated heterocycles.